The third kappa shape index (κ3) is 7.61. The SMILES string of the molecule is CC(=O)Nc1ccc(NC(=O)CC2C(=O)NCCN2C(=O)CN2CCN(Cc3ccccc3)CC2)cc1. The van der Waals surface area contributed by atoms with E-state index in [4.69, 9.17) is 0 Å². The predicted molar refractivity (Wildman–Crippen MR) is 141 cm³/mol. The van der Waals surface area contributed by atoms with Crippen molar-refractivity contribution in [3.63, 3.8) is 0 Å². The first-order valence-corrected chi connectivity index (χ1v) is 12.6. The van der Waals surface area contributed by atoms with Gasteiger partial charge in [0, 0.05) is 64.1 Å². The lowest BCUT2D eigenvalue weighted by Gasteiger charge is -2.38. The van der Waals surface area contributed by atoms with Crippen LogP contribution in [-0.4, -0.2) is 90.2 Å². The van der Waals surface area contributed by atoms with Gasteiger partial charge in [-0.3, -0.25) is 29.0 Å². The van der Waals surface area contributed by atoms with E-state index in [1.54, 1.807) is 24.3 Å². The second-order valence-corrected chi connectivity index (χ2v) is 9.44. The van der Waals surface area contributed by atoms with Gasteiger partial charge in [0.2, 0.25) is 23.6 Å². The van der Waals surface area contributed by atoms with E-state index in [9.17, 15) is 19.2 Å². The first-order valence-electron chi connectivity index (χ1n) is 12.6. The molecule has 0 radical (unpaired) electrons. The Morgan fingerprint density at radius 1 is 0.865 bits per heavy atom. The third-order valence-electron chi connectivity index (χ3n) is 6.59. The fourth-order valence-electron chi connectivity index (χ4n) is 4.67. The highest BCUT2D eigenvalue weighted by atomic mass is 16.2. The molecule has 0 aliphatic carbocycles. The number of hydrogen-bond donors (Lipinski definition) is 3. The quantitative estimate of drug-likeness (QED) is 0.495. The molecule has 10 nitrogen and oxygen atoms in total. The lowest BCUT2D eigenvalue weighted by Crippen LogP contribution is -2.60. The summed E-state index contributed by atoms with van der Waals surface area (Å²) in [5.74, 6) is -0.993. The zero-order valence-corrected chi connectivity index (χ0v) is 21.1. The van der Waals surface area contributed by atoms with Crippen LogP contribution in [0.2, 0.25) is 0 Å². The van der Waals surface area contributed by atoms with Gasteiger partial charge in [-0.1, -0.05) is 30.3 Å². The van der Waals surface area contributed by atoms with E-state index in [1.165, 1.54) is 17.4 Å². The molecule has 2 saturated heterocycles. The van der Waals surface area contributed by atoms with Crippen LogP contribution in [-0.2, 0) is 25.7 Å². The topological polar surface area (TPSA) is 114 Å². The van der Waals surface area contributed by atoms with E-state index in [2.05, 4.69) is 37.9 Å². The number of carbonyl (C=O) groups excluding carboxylic acids is 4. The smallest absolute Gasteiger partial charge is 0.243 e. The van der Waals surface area contributed by atoms with Crippen molar-refractivity contribution < 1.29 is 19.2 Å². The normalized spacial score (nSPS) is 18.7. The fourth-order valence-corrected chi connectivity index (χ4v) is 4.67. The number of carbonyl (C=O) groups is 4. The second kappa shape index (κ2) is 12.5. The number of nitrogens with one attached hydrogen (secondary N) is 3. The highest BCUT2D eigenvalue weighted by Crippen LogP contribution is 2.16. The van der Waals surface area contributed by atoms with Gasteiger partial charge in [0.1, 0.15) is 6.04 Å². The Morgan fingerprint density at radius 3 is 2.14 bits per heavy atom. The maximum atomic E-state index is 13.2. The number of rotatable bonds is 8. The highest BCUT2D eigenvalue weighted by molar-refractivity contribution is 5.98. The van der Waals surface area contributed by atoms with Crippen LogP contribution < -0.4 is 16.0 Å². The molecule has 2 aromatic rings. The highest BCUT2D eigenvalue weighted by Gasteiger charge is 2.35. The number of benzene rings is 2. The van der Waals surface area contributed by atoms with Gasteiger partial charge in [-0.05, 0) is 29.8 Å². The molecule has 0 aromatic heterocycles. The van der Waals surface area contributed by atoms with Crippen LogP contribution in [0.3, 0.4) is 0 Å². The van der Waals surface area contributed by atoms with Gasteiger partial charge in [0.25, 0.3) is 0 Å². The number of piperazine rings is 2. The number of nitrogens with zero attached hydrogens (tertiary/aromatic N) is 3. The van der Waals surface area contributed by atoms with Crippen molar-refractivity contribution in [2.24, 2.45) is 0 Å². The third-order valence-corrected chi connectivity index (χ3v) is 6.59. The molecule has 37 heavy (non-hydrogen) atoms. The zero-order chi connectivity index (χ0) is 26.2. The molecule has 2 aliphatic rings. The van der Waals surface area contributed by atoms with Crippen LogP contribution in [0, 0.1) is 0 Å². The lowest BCUT2D eigenvalue weighted by molar-refractivity contribution is -0.145. The van der Waals surface area contributed by atoms with E-state index in [0.29, 0.717) is 24.5 Å². The van der Waals surface area contributed by atoms with Crippen molar-refractivity contribution in [3.05, 3.63) is 60.2 Å². The molecule has 196 valence electrons. The molecule has 2 heterocycles. The first kappa shape index (κ1) is 26.3. The van der Waals surface area contributed by atoms with Crippen molar-refractivity contribution in [1.82, 2.24) is 20.0 Å². The number of amides is 4. The van der Waals surface area contributed by atoms with E-state index in [1.807, 2.05) is 18.2 Å². The molecule has 0 bridgehead atoms. The minimum atomic E-state index is -0.848. The largest absolute Gasteiger partial charge is 0.353 e. The zero-order valence-electron chi connectivity index (χ0n) is 21.1. The lowest BCUT2D eigenvalue weighted by atomic mass is 10.1. The molecule has 4 amide bonds. The summed E-state index contributed by atoms with van der Waals surface area (Å²) in [6.45, 7) is 6.59. The van der Waals surface area contributed by atoms with Gasteiger partial charge >= 0.3 is 0 Å². The first-order chi connectivity index (χ1) is 17.9. The van der Waals surface area contributed by atoms with Crippen molar-refractivity contribution in [1.29, 1.82) is 0 Å². The Labute approximate surface area is 217 Å². The molecular weight excluding hydrogens is 472 g/mol. The van der Waals surface area contributed by atoms with Crippen LogP contribution >= 0.6 is 0 Å². The van der Waals surface area contributed by atoms with Gasteiger partial charge in [-0.15, -0.1) is 0 Å². The number of hydrogen-bond acceptors (Lipinski definition) is 6. The van der Waals surface area contributed by atoms with Crippen LogP contribution in [0.5, 0.6) is 0 Å². The van der Waals surface area contributed by atoms with Gasteiger partial charge in [0.15, 0.2) is 0 Å². The minimum absolute atomic E-state index is 0.129. The summed E-state index contributed by atoms with van der Waals surface area (Å²) in [4.78, 5) is 55.7. The average molecular weight is 507 g/mol. The van der Waals surface area contributed by atoms with Gasteiger partial charge in [-0.2, -0.15) is 0 Å². The predicted octanol–water partition coefficient (Wildman–Crippen LogP) is 1.12. The van der Waals surface area contributed by atoms with Crippen LogP contribution in [0.25, 0.3) is 0 Å². The Morgan fingerprint density at radius 2 is 1.49 bits per heavy atom. The summed E-state index contributed by atoms with van der Waals surface area (Å²) >= 11 is 0. The molecule has 3 N–H and O–H groups in total. The summed E-state index contributed by atoms with van der Waals surface area (Å²) in [7, 11) is 0. The molecule has 0 saturated carbocycles. The van der Waals surface area contributed by atoms with E-state index in [-0.39, 0.29) is 36.6 Å². The molecule has 2 fully saturated rings. The summed E-state index contributed by atoms with van der Waals surface area (Å²) in [6, 6.07) is 16.2. The van der Waals surface area contributed by atoms with Crippen molar-refractivity contribution in [2.75, 3.05) is 56.4 Å². The molecule has 0 spiro atoms. The molecule has 2 aliphatic heterocycles. The summed E-state index contributed by atoms with van der Waals surface area (Å²) < 4.78 is 0. The van der Waals surface area contributed by atoms with Gasteiger partial charge in [-0.25, -0.2) is 0 Å². The molecule has 4 rings (SSSR count). The Bertz CT molecular complexity index is 1100. The van der Waals surface area contributed by atoms with Crippen molar-refractivity contribution in [3.8, 4) is 0 Å². The van der Waals surface area contributed by atoms with E-state index >= 15 is 0 Å². The van der Waals surface area contributed by atoms with Crippen molar-refractivity contribution >= 4 is 35.0 Å². The van der Waals surface area contributed by atoms with E-state index in [0.717, 1.165) is 32.7 Å². The van der Waals surface area contributed by atoms with Crippen LogP contribution in [0.15, 0.2) is 54.6 Å². The number of anilines is 2. The molecule has 2 aromatic carbocycles. The van der Waals surface area contributed by atoms with E-state index < -0.39 is 6.04 Å². The minimum Gasteiger partial charge on any atom is -0.353 e. The van der Waals surface area contributed by atoms with Crippen molar-refractivity contribution in [2.45, 2.75) is 25.9 Å². The van der Waals surface area contributed by atoms with Crippen LogP contribution in [0.1, 0.15) is 18.9 Å². The standard InChI is InChI=1S/C27H34N6O4/c1-20(34)29-22-7-9-23(10-8-22)30-25(35)17-24-27(37)28-11-12-33(24)26(36)19-32-15-13-31(14-16-32)18-21-5-3-2-4-6-21/h2-10,24H,11-19H2,1H3,(H,28,37)(H,29,34)(H,30,35). The Hall–Kier alpha value is -3.76. The summed E-state index contributed by atoms with van der Waals surface area (Å²) in [6.07, 6.45) is -0.129. The average Bonchev–Trinajstić information content (AvgIpc) is 2.88. The van der Waals surface area contributed by atoms with Gasteiger partial charge in [0.05, 0.1) is 13.0 Å². The molecule has 1 atom stereocenters. The molecule has 10 heteroatoms. The summed E-state index contributed by atoms with van der Waals surface area (Å²) in [5.41, 5.74) is 2.44. The Kier molecular flexibility index (Phi) is 8.86. The maximum Gasteiger partial charge on any atom is 0.243 e. The molecular formula is C27H34N6O4. The Balaban J connectivity index is 1.28. The second-order valence-electron chi connectivity index (χ2n) is 9.44. The summed E-state index contributed by atoms with van der Waals surface area (Å²) in [5, 5.41) is 8.21. The molecule has 1 unspecified atom stereocenters. The maximum absolute atomic E-state index is 13.2. The monoisotopic (exact) mass is 506 g/mol. The van der Waals surface area contributed by atoms with Gasteiger partial charge < -0.3 is 20.9 Å². The van der Waals surface area contributed by atoms with Crippen LogP contribution in [0.4, 0.5) is 11.4 Å². The fraction of sp³-hybridized carbons (Fsp3) is 0.407.